The first-order valence-electron chi connectivity index (χ1n) is 6.55. The number of hydrogen-bond acceptors (Lipinski definition) is 3. The predicted octanol–water partition coefficient (Wildman–Crippen LogP) is 1.75. The Morgan fingerprint density at radius 1 is 1.44 bits per heavy atom. The Kier molecular flexibility index (Phi) is 3.51. The molecule has 3 nitrogen and oxygen atoms in total. The van der Waals surface area contributed by atoms with E-state index in [4.69, 9.17) is 0 Å². The smallest absolute Gasteiger partial charge is 0.108 e. The van der Waals surface area contributed by atoms with E-state index < -0.39 is 0 Å². The number of rotatable bonds is 5. The molecule has 0 aromatic rings. The van der Waals surface area contributed by atoms with Crippen molar-refractivity contribution in [3.8, 4) is 6.07 Å². The molecule has 2 rings (SSSR count). The minimum atomic E-state index is -0.239. The molecule has 0 aromatic carbocycles. The Labute approximate surface area is 98.8 Å². The minimum Gasteiger partial charge on any atom is -0.303 e. The van der Waals surface area contributed by atoms with Crippen LogP contribution in [0, 0.1) is 17.2 Å². The van der Waals surface area contributed by atoms with Gasteiger partial charge in [-0.15, -0.1) is 0 Å². The lowest BCUT2D eigenvalue weighted by molar-refractivity contribution is 0.227. The summed E-state index contributed by atoms with van der Waals surface area (Å²) in [6, 6.07) is 3.10. The third kappa shape index (κ3) is 2.56. The van der Waals surface area contributed by atoms with Crippen molar-refractivity contribution >= 4 is 0 Å². The van der Waals surface area contributed by atoms with Crippen molar-refractivity contribution in [2.24, 2.45) is 5.92 Å². The second kappa shape index (κ2) is 4.73. The first kappa shape index (κ1) is 11.9. The lowest BCUT2D eigenvalue weighted by atomic mass is 9.99. The van der Waals surface area contributed by atoms with E-state index in [9.17, 15) is 5.26 Å². The molecule has 90 valence electrons. The monoisotopic (exact) mass is 221 g/mol. The van der Waals surface area contributed by atoms with Crippen molar-refractivity contribution in [1.29, 1.82) is 5.26 Å². The molecule has 0 saturated heterocycles. The fraction of sp³-hybridized carbons (Fsp3) is 0.923. The van der Waals surface area contributed by atoms with Gasteiger partial charge in [-0.2, -0.15) is 5.26 Å². The maximum absolute atomic E-state index is 9.31. The maximum atomic E-state index is 9.31. The Balaban J connectivity index is 1.87. The van der Waals surface area contributed by atoms with Crippen LogP contribution in [0.3, 0.4) is 0 Å². The normalized spacial score (nSPS) is 34.2. The summed E-state index contributed by atoms with van der Waals surface area (Å²) in [5, 5.41) is 12.7. The van der Waals surface area contributed by atoms with E-state index in [1.807, 2.05) is 0 Å². The van der Waals surface area contributed by atoms with Gasteiger partial charge in [0.15, 0.2) is 0 Å². The van der Waals surface area contributed by atoms with Gasteiger partial charge in [-0.3, -0.25) is 5.32 Å². The average Bonchev–Trinajstić information content (AvgIpc) is 2.97. The van der Waals surface area contributed by atoms with Gasteiger partial charge < -0.3 is 4.90 Å². The molecule has 0 bridgehead atoms. The summed E-state index contributed by atoms with van der Waals surface area (Å²) in [5.41, 5.74) is -0.239. The van der Waals surface area contributed by atoms with Crippen molar-refractivity contribution in [3.05, 3.63) is 0 Å². The van der Waals surface area contributed by atoms with Crippen LogP contribution in [0.1, 0.15) is 39.0 Å². The van der Waals surface area contributed by atoms with Gasteiger partial charge in [0.2, 0.25) is 0 Å². The number of nitrogens with zero attached hydrogens (tertiary/aromatic N) is 2. The highest BCUT2D eigenvalue weighted by molar-refractivity contribution is 5.13. The van der Waals surface area contributed by atoms with Crippen molar-refractivity contribution < 1.29 is 0 Å². The van der Waals surface area contributed by atoms with Crippen LogP contribution < -0.4 is 5.32 Å². The zero-order chi connectivity index (χ0) is 11.6. The number of nitriles is 1. The van der Waals surface area contributed by atoms with Gasteiger partial charge in [0.1, 0.15) is 5.54 Å². The molecule has 0 radical (unpaired) electrons. The molecule has 1 N–H and O–H groups in total. The molecule has 2 fully saturated rings. The topological polar surface area (TPSA) is 39.1 Å². The highest BCUT2D eigenvalue weighted by Gasteiger charge is 2.40. The molecule has 0 heterocycles. The first-order valence-corrected chi connectivity index (χ1v) is 6.55. The van der Waals surface area contributed by atoms with Gasteiger partial charge >= 0.3 is 0 Å². The molecule has 2 aliphatic rings. The molecule has 0 spiro atoms. The summed E-state index contributed by atoms with van der Waals surface area (Å²) in [6.07, 6.45) is 6.00. The molecule has 2 unspecified atom stereocenters. The van der Waals surface area contributed by atoms with Crippen LogP contribution in [-0.4, -0.2) is 36.6 Å². The minimum absolute atomic E-state index is 0.239. The Morgan fingerprint density at radius 2 is 2.19 bits per heavy atom. The van der Waals surface area contributed by atoms with Crippen LogP contribution in [0.25, 0.3) is 0 Å². The highest BCUT2D eigenvalue weighted by Crippen LogP contribution is 2.35. The van der Waals surface area contributed by atoms with Gasteiger partial charge in [-0.25, -0.2) is 0 Å². The molecule has 3 heteroatoms. The molecule has 0 aromatic heterocycles. The van der Waals surface area contributed by atoms with Crippen molar-refractivity contribution in [2.45, 2.75) is 50.6 Å². The van der Waals surface area contributed by atoms with Gasteiger partial charge in [-0.1, -0.05) is 6.92 Å². The van der Waals surface area contributed by atoms with E-state index in [-0.39, 0.29) is 5.54 Å². The molecule has 2 aliphatic carbocycles. The van der Waals surface area contributed by atoms with Crippen LogP contribution in [0.15, 0.2) is 0 Å². The van der Waals surface area contributed by atoms with Gasteiger partial charge in [0.25, 0.3) is 0 Å². The van der Waals surface area contributed by atoms with Crippen molar-refractivity contribution in [3.63, 3.8) is 0 Å². The quantitative estimate of drug-likeness (QED) is 0.769. The van der Waals surface area contributed by atoms with Crippen LogP contribution in [0.2, 0.25) is 0 Å². The Bertz CT molecular complexity index is 279. The third-order valence-electron chi connectivity index (χ3n) is 4.08. The third-order valence-corrected chi connectivity index (χ3v) is 4.08. The molecule has 0 amide bonds. The summed E-state index contributed by atoms with van der Waals surface area (Å²) in [4.78, 5) is 2.48. The van der Waals surface area contributed by atoms with E-state index in [0.29, 0.717) is 6.04 Å². The first-order chi connectivity index (χ1) is 7.69. The van der Waals surface area contributed by atoms with E-state index >= 15 is 0 Å². The summed E-state index contributed by atoms with van der Waals surface area (Å²) >= 11 is 0. The molecule has 2 atom stereocenters. The van der Waals surface area contributed by atoms with Crippen molar-refractivity contribution in [2.75, 3.05) is 20.1 Å². The number of hydrogen-bond donors (Lipinski definition) is 1. The zero-order valence-electron chi connectivity index (χ0n) is 10.5. The van der Waals surface area contributed by atoms with Crippen LogP contribution in [0.5, 0.6) is 0 Å². The maximum Gasteiger partial charge on any atom is 0.108 e. The summed E-state index contributed by atoms with van der Waals surface area (Å²) in [7, 11) is 2.22. The summed E-state index contributed by atoms with van der Waals surface area (Å²) < 4.78 is 0. The lowest BCUT2D eigenvalue weighted by Crippen LogP contribution is -2.43. The van der Waals surface area contributed by atoms with Crippen molar-refractivity contribution in [1.82, 2.24) is 10.2 Å². The SMILES string of the molecule is CCNC1(C#N)CCC(N(C)CC2CC2)C1. The highest BCUT2D eigenvalue weighted by atomic mass is 15.2. The molecule has 2 saturated carbocycles. The largest absolute Gasteiger partial charge is 0.303 e. The molecular weight excluding hydrogens is 198 g/mol. The average molecular weight is 221 g/mol. The fourth-order valence-electron chi connectivity index (χ4n) is 2.89. The number of nitrogens with one attached hydrogen (secondary N) is 1. The molecule has 0 aliphatic heterocycles. The van der Waals surface area contributed by atoms with E-state index in [1.54, 1.807) is 0 Å². The Morgan fingerprint density at radius 3 is 2.75 bits per heavy atom. The van der Waals surface area contributed by atoms with Crippen LogP contribution in [-0.2, 0) is 0 Å². The second-order valence-corrected chi connectivity index (χ2v) is 5.50. The van der Waals surface area contributed by atoms with E-state index in [2.05, 4.69) is 30.3 Å². The second-order valence-electron chi connectivity index (χ2n) is 5.50. The zero-order valence-corrected chi connectivity index (χ0v) is 10.5. The van der Waals surface area contributed by atoms with E-state index in [1.165, 1.54) is 25.8 Å². The Hall–Kier alpha value is -0.590. The van der Waals surface area contributed by atoms with Gasteiger partial charge in [0, 0.05) is 12.6 Å². The summed E-state index contributed by atoms with van der Waals surface area (Å²) in [5.74, 6) is 0.946. The fourth-order valence-corrected chi connectivity index (χ4v) is 2.89. The predicted molar refractivity (Wildman–Crippen MR) is 65.0 cm³/mol. The van der Waals surface area contributed by atoms with Crippen LogP contribution in [0.4, 0.5) is 0 Å². The van der Waals surface area contributed by atoms with E-state index in [0.717, 1.165) is 25.3 Å². The van der Waals surface area contributed by atoms with Gasteiger partial charge in [0.05, 0.1) is 6.07 Å². The summed E-state index contributed by atoms with van der Waals surface area (Å²) in [6.45, 7) is 4.21. The van der Waals surface area contributed by atoms with Gasteiger partial charge in [-0.05, 0) is 51.6 Å². The molecular formula is C13H23N3. The molecule has 16 heavy (non-hydrogen) atoms. The standard InChI is InChI=1S/C13H23N3/c1-3-15-13(10-14)7-6-12(8-13)16(2)9-11-4-5-11/h11-12,15H,3-9H2,1-2H3. The lowest BCUT2D eigenvalue weighted by Gasteiger charge is -2.26. The van der Waals surface area contributed by atoms with Crippen LogP contribution >= 0.6 is 0 Å².